The summed E-state index contributed by atoms with van der Waals surface area (Å²) >= 11 is 0. The molecule has 0 saturated carbocycles. The second kappa shape index (κ2) is 7.34. The van der Waals surface area contributed by atoms with Crippen LogP contribution in [0.15, 0.2) is 30.5 Å². The third-order valence-electron chi connectivity index (χ3n) is 2.57. The lowest BCUT2D eigenvalue weighted by atomic mass is 10.2. The van der Waals surface area contributed by atoms with Crippen LogP contribution in [-0.2, 0) is 11.3 Å². The van der Waals surface area contributed by atoms with Crippen LogP contribution in [0.1, 0.15) is 5.56 Å². The van der Waals surface area contributed by atoms with E-state index in [9.17, 15) is 4.39 Å². The van der Waals surface area contributed by atoms with Crippen molar-refractivity contribution in [1.29, 1.82) is 0 Å². The van der Waals surface area contributed by atoms with Gasteiger partial charge in [0.05, 0.1) is 12.8 Å². The molecule has 1 aromatic heterocycles. The first-order chi connectivity index (χ1) is 9.79. The lowest BCUT2D eigenvalue weighted by molar-refractivity contribution is 0.210. The highest BCUT2D eigenvalue weighted by molar-refractivity contribution is 5.37. The maximum absolute atomic E-state index is 13.5. The molecule has 2 rings (SSSR count). The predicted molar refractivity (Wildman–Crippen MR) is 73.9 cm³/mol. The summed E-state index contributed by atoms with van der Waals surface area (Å²) in [6.07, 6.45) is 1.52. The average molecular weight is 277 g/mol. The van der Waals surface area contributed by atoms with Crippen LogP contribution in [0.4, 0.5) is 16.2 Å². The SMILES string of the molecule is COCCNc1cnnc(NCc2ccccc2F)n1. The second-order valence-corrected chi connectivity index (χ2v) is 4.03. The van der Waals surface area contributed by atoms with Crippen LogP contribution in [0, 0.1) is 5.82 Å². The van der Waals surface area contributed by atoms with E-state index in [-0.39, 0.29) is 5.82 Å². The van der Waals surface area contributed by atoms with Gasteiger partial charge in [0.1, 0.15) is 5.82 Å². The maximum Gasteiger partial charge on any atom is 0.244 e. The van der Waals surface area contributed by atoms with Crippen molar-refractivity contribution in [1.82, 2.24) is 15.2 Å². The predicted octanol–water partition coefficient (Wildman–Crippen LogP) is 1.68. The van der Waals surface area contributed by atoms with Crippen molar-refractivity contribution in [3.63, 3.8) is 0 Å². The molecule has 0 aliphatic heterocycles. The molecule has 0 spiro atoms. The smallest absolute Gasteiger partial charge is 0.244 e. The monoisotopic (exact) mass is 277 g/mol. The second-order valence-electron chi connectivity index (χ2n) is 4.03. The molecular formula is C13H16FN5O. The van der Waals surface area contributed by atoms with E-state index in [1.807, 2.05) is 0 Å². The fourth-order valence-corrected chi connectivity index (χ4v) is 1.56. The van der Waals surface area contributed by atoms with Crippen LogP contribution in [-0.4, -0.2) is 35.4 Å². The number of nitrogens with one attached hydrogen (secondary N) is 2. The van der Waals surface area contributed by atoms with Gasteiger partial charge in [0.25, 0.3) is 0 Å². The van der Waals surface area contributed by atoms with Crippen LogP contribution in [0.3, 0.4) is 0 Å². The molecule has 1 heterocycles. The highest BCUT2D eigenvalue weighted by Gasteiger charge is 2.03. The van der Waals surface area contributed by atoms with Gasteiger partial charge in [-0.05, 0) is 6.07 Å². The van der Waals surface area contributed by atoms with E-state index in [2.05, 4.69) is 25.8 Å². The van der Waals surface area contributed by atoms with Gasteiger partial charge < -0.3 is 15.4 Å². The lowest BCUT2D eigenvalue weighted by Crippen LogP contribution is -2.11. The standard InChI is InChI=1S/C13H16FN5O/c1-20-7-6-15-12-9-17-19-13(18-12)16-8-10-4-2-3-5-11(10)14/h2-5,9H,6-8H2,1H3,(H2,15,16,18,19). The average Bonchev–Trinajstić information content (AvgIpc) is 2.47. The molecular weight excluding hydrogens is 261 g/mol. The summed E-state index contributed by atoms with van der Waals surface area (Å²) in [6.45, 7) is 1.50. The molecule has 6 nitrogen and oxygen atoms in total. The highest BCUT2D eigenvalue weighted by Crippen LogP contribution is 2.09. The molecule has 0 saturated heterocycles. The molecule has 0 aliphatic carbocycles. The number of hydrogen-bond acceptors (Lipinski definition) is 6. The summed E-state index contributed by atoms with van der Waals surface area (Å²) in [5, 5.41) is 13.7. The van der Waals surface area contributed by atoms with E-state index in [4.69, 9.17) is 4.74 Å². The Kier molecular flexibility index (Phi) is 5.19. The molecule has 0 unspecified atom stereocenters. The number of anilines is 2. The van der Waals surface area contributed by atoms with Crippen molar-refractivity contribution >= 4 is 11.8 Å². The van der Waals surface area contributed by atoms with Gasteiger partial charge >= 0.3 is 0 Å². The molecule has 0 aliphatic rings. The number of ether oxygens (including phenoxy) is 1. The first-order valence-electron chi connectivity index (χ1n) is 6.19. The van der Waals surface area contributed by atoms with Crippen molar-refractivity contribution in [2.24, 2.45) is 0 Å². The van der Waals surface area contributed by atoms with Crippen molar-refractivity contribution in [2.75, 3.05) is 30.9 Å². The summed E-state index contributed by atoms with van der Waals surface area (Å²) in [6, 6.07) is 6.55. The van der Waals surface area contributed by atoms with Gasteiger partial charge in [0.15, 0.2) is 5.82 Å². The Hall–Kier alpha value is -2.28. The van der Waals surface area contributed by atoms with E-state index < -0.39 is 0 Å². The van der Waals surface area contributed by atoms with Gasteiger partial charge in [-0.25, -0.2) is 4.39 Å². The fourth-order valence-electron chi connectivity index (χ4n) is 1.56. The summed E-state index contributed by atoms with van der Waals surface area (Å²) in [5.74, 6) is 0.672. The highest BCUT2D eigenvalue weighted by atomic mass is 19.1. The first kappa shape index (κ1) is 14.1. The Morgan fingerprint density at radius 2 is 2.10 bits per heavy atom. The van der Waals surface area contributed by atoms with Crippen LogP contribution in [0.25, 0.3) is 0 Å². The molecule has 2 N–H and O–H groups in total. The van der Waals surface area contributed by atoms with E-state index in [0.717, 1.165) is 0 Å². The van der Waals surface area contributed by atoms with Crippen molar-refractivity contribution < 1.29 is 9.13 Å². The third kappa shape index (κ3) is 4.13. The zero-order valence-corrected chi connectivity index (χ0v) is 11.1. The molecule has 0 radical (unpaired) electrons. The molecule has 7 heteroatoms. The van der Waals surface area contributed by atoms with Crippen LogP contribution >= 0.6 is 0 Å². The molecule has 0 atom stereocenters. The minimum atomic E-state index is -0.262. The number of benzene rings is 1. The lowest BCUT2D eigenvalue weighted by Gasteiger charge is -2.07. The van der Waals surface area contributed by atoms with E-state index in [1.165, 1.54) is 12.3 Å². The van der Waals surface area contributed by atoms with Gasteiger partial charge in [-0.15, -0.1) is 5.10 Å². The van der Waals surface area contributed by atoms with Gasteiger partial charge in [-0.2, -0.15) is 10.1 Å². The zero-order chi connectivity index (χ0) is 14.2. The van der Waals surface area contributed by atoms with Crippen molar-refractivity contribution in [3.05, 3.63) is 41.8 Å². The topological polar surface area (TPSA) is 72.0 Å². The fraction of sp³-hybridized carbons (Fsp3) is 0.308. The van der Waals surface area contributed by atoms with Gasteiger partial charge in [0, 0.05) is 25.8 Å². The Balaban J connectivity index is 1.93. The number of aromatic nitrogens is 3. The number of rotatable bonds is 7. The molecule has 20 heavy (non-hydrogen) atoms. The van der Waals surface area contributed by atoms with Gasteiger partial charge in [-0.1, -0.05) is 18.2 Å². The number of nitrogens with zero attached hydrogens (tertiary/aromatic N) is 3. The first-order valence-corrected chi connectivity index (χ1v) is 6.19. The van der Waals surface area contributed by atoms with E-state index >= 15 is 0 Å². The Labute approximate surface area is 116 Å². The largest absolute Gasteiger partial charge is 0.383 e. The van der Waals surface area contributed by atoms with E-state index in [1.54, 1.807) is 25.3 Å². The molecule has 106 valence electrons. The summed E-state index contributed by atoms with van der Waals surface area (Å²) in [7, 11) is 1.63. The van der Waals surface area contributed by atoms with Crippen molar-refractivity contribution in [3.8, 4) is 0 Å². The number of hydrogen-bond donors (Lipinski definition) is 2. The summed E-state index contributed by atoms with van der Waals surface area (Å²) in [4.78, 5) is 4.22. The number of halogens is 1. The molecule has 0 bridgehead atoms. The minimum absolute atomic E-state index is 0.262. The quantitative estimate of drug-likeness (QED) is 0.750. The Morgan fingerprint density at radius 3 is 2.90 bits per heavy atom. The normalized spacial score (nSPS) is 10.3. The summed E-state index contributed by atoms with van der Waals surface area (Å²) in [5.41, 5.74) is 0.550. The molecule has 0 amide bonds. The van der Waals surface area contributed by atoms with Crippen LogP contribution < -0.4 is 10.6 Å². The zero-order valence-electron chi connectivity index (χ0n) is 11.1. The number of methoxy groups -OCH3 is 1. The molecule has 0 fully saturated rings. The third-order valence-corrected chi connectivity index (χ3v) is 2.57. The Bertz CT molecular complexity index is 552. The van der Waals surface area contributed by atoms with Crippen LogP contribution in [0.5, 0.6) is 0 Å². The maximum atomic E-state index is 13.5. The minimum Gasteiger partial charge on any atom is -0.383 e. The van der Waals surface area contributed by atoms with Crippen molar-refractivity contribution in [2.45, 2.75) is 6.54 Å². The van der Waals surface area contributed by atoms with E-state index in [0.29, 0.717) is 37.0 Å². The van der Waals surface area contributed by atoms with Crippen LogP contribution in [0.2, 0.25) is 0 Å². The van der Waals surface area contributed by atoms with Gasteiger partial charge in [-0.3, -0.25) is 0 Å². The molecule has 1 aromatic carbocycles. The summed E-state index contributed by atoms with van der Waals surface area (Å²) < 4.78 is 18.4. The Morgan fingerprint density at radius 1 is 1.25 bits per heavy atom. The molecule has 2 aromatic rings. The van der Waals surface area contributed by atoms with Gasteiger partial charge in [0.2, 0.25) is 5.95 Å².